The molecule has 5 rings (SSSR count). The maximum atomic E-state index is 12.2. The molecule has 2 fully saturated rings. The molecular formula is C23H22N6O4. The summed E-state index contributed by atoms with van der Waals surface area (Å²) in [5, 5.41) is 8.31. The first-order valence-corrected chi connectivity index (χ1v) is 10.5. The van der Waals surface area contributed by atoms with Crippen LogP contribution in [-0.4, -0.2) is 39.0 Å². The Kier molecular flexibility index (Phi) is 5.25. The highest BCUT2D eigenvalue weighted by atomic mass is 16.5. The average Bonchev–Trinajstić information content (AvgIpc) is 3.35. The summed E-state index contributed by atoms with van der Waals surface area (Å²) in [6.45, 7) is 5.96. The summed E-state index contributed by atoms with van der Waals surface area (Å²) in [6.07, 6.45) is 9.01. The fraction of sp³-hybridized carbons (Fsp3) is 0.261. The standard InChI is InChI=1S/C23H22N6O4/c1-12(32-16-7-10-25-22-14(16)4-6-18(30)28-22)3-5-15-13(2)19-20(21(19)33-15)29-23(31)27-17-8-9-24-11-26-17/h3,5,7-11,19-21H,2,4,6H2,1H3,(H,25,28,30)(H2,24,26,27,29,31). The molecule has 3 atom stereocenters. The van der Waals surface area contributed by atoms with Crippen molar-refractivity contribution < 1.29 is 19.1 Å². The molecule has 2 aliphatic heterocycles. The summed E-state index contributed by atoms with van der Waals surface area (Å²) in [5.41, 5.74) is 1.72. The highest BCUT2D eigenvalue weighted by molar-refractivity contribution is 5.93. The van der Waals surface area contributed by atoms with Gasteiger partial charge in [-0.05, 0) is 43.2 Å². The molecule has 2 aromatic heterocycles. The van der Waals surface area contributed by atoms with Crippen LogP contribution < -0.4 is 20.7 Å². The highest BCUT2D eigenvalue weighted by Crippen LogP contribution is 2.50. The quantitative estimate of drug-likeness (QED) is 0.603. The molecule has 4 heterocycles. The molecule has 0 spiro atoms. The number of urea groups is 1. The van der Waals surface area contributed by atoms with Crippen LogP contribution in [-0.2, 0) is 16.0 Å². The Morgan fingerprint density at radius 1 is 1.30 bits per heavy atom. The van der Waals surface area contributed by atoms with Crippen LogP contribution in [0.25, 0.3) is 0 Å². The summed E-state index contributed by atoms with van der Waals surface area (Å²) in [6, 6.07) is 2.91. The number of fused-ring (bicyclic) bond motifs is 2. The minimum Gasteiger partial charge on any atom is -0.487 e. The van der Waals surface area contributed by atoms with E-state index in [0.717, 1.165) is 11.1 Å². The van der Waals surface area contributed by atoms with Crippen molar-refractivity contribution in [2.75, 3.05) is 10.6 Å². The van der Waals surface area contributed by atoms with Crippen molar-refractivity contribution in [1.29, 1.82) is 0 Å². The molecule has 0 bridgehead atoms. The van der Waals surface area contributed by atoms with E-state index in [0.29, 0.717) is 41.7 Å². The Balaban J connectivity index is 1.17. The lowest BCUT2D eigenvalue weighted by Gasteiger charge is -2.18. The van der Waals surface area contributed by atoms with Gasteiger partial charge in [-0.2, -0.15) is 0 Å². The first-order valence-electron chi connectivity index (χ1n) is 10.5. The van der Waals surface area contributed by atoms with Gasteiger partial charge >= 0.3 is 6.03 Å². The van der Waals surface area contributed by atoms with Crippen LogP contribution in [0.3, 0.4) is 0 Å². The lowest BCUT2D eigenvalue weighted by Crippen LogP contribution is -2.34. The fourth-order valence-electron chi connectivity index (χ4n) is 3.97. The van der Waals surface area contributed by atoms with E-state index in [-0.39, 0.29) is 30.0 Å². The second kappa shape index (κ2) is 8.38. The van der Waals surface area contributed by atoms with Gasteiger partial charge < -0.3 is 20.1 Å². The van der Waals surface area contributed by atoms with Gasteiger partial charge in [-0.3, -0.25) is 10.1 Å². The topological polar surface area (TPSA) is 127 Å². The number of rotatable bonds is 5. The lowest BCUT2D eigenvalue weighted by molar-refractivity contribution is -0.116. The van der Waals surface area contributed by atoms with Crippen molar-refractivity contribution in [3.8, 4) is 5.75 Å². The van der Waals surface area contributed by atoms with E-state index in [1.807, 2.05) is 19.1 Å². The number of aromatic nitrogens is 3. The zero-order valence-electron chi connectivity index (χ0n) is 17.9. The second-order valence-electron chi connectivity index (χ2n) is 7.95. The zero-order valence-corrected chi connectivity index (χ0v) is 17.9. The van der Waals surface area contributed by atoms with E-state index in [2.05, 4.69) is 37.5 Å². The Bertz CT molecular complexity index is 1190. The normalized spacial score (nSPS) is 24.3. The van der Waals surface area contributed by atoms with Gasteiger partial charge in [0.2, 0.25) is 5.91 Å². The Morgan fingerprint density at radius 3 is 2.94 bits per heavy atom. The van der Waals surface area contributed by atoms with Crippen LogP contribution >= 0.6 is 0 Å². The van der Waals surface area contributed by atoms with Crippen LogP contribution in [0.1, 0.15) is 18.9 Å². The summed E-state index contributed by atoms with van der Waals surface area (Å²) in [4.78, 5) is 35.7. The van der Waals surface area contributed by atoms with Crippen molar-refractivity contribution in [2.45, 2.75) is 31.9 Å². The van der Waals surface area contributed by atoms with E-state index in [9.17, 15) is 9.59 Å². The second-order valence-corrected chi connectivity index (χ2v) is 7.95. The number of hydrogen-bond acceptors (Lipinski definition) is 7. The molecule has 33 heavy (non-hydrogen) atoms. The van der Waals surface area contributed by atoms with Crippen molar-refractivity contribution in [2.24, 2.45) is 5.92 Å². The SMILES string of the molecule is C=C1C(=CC=C(C)Oc2ccnc3c2CCC(=O)N3)OC2C(NC(=O)Nc3ccncn3)C12. The first kappa shape index (κ1) is 20.7. The molecule has 10 nitrogen and oxygen atoms in total. The number of anilines is 2. The van der Waals surface area contributed by atoms with Gasteiger partial charge in [0.25, 0.3) is 0 Å². The van der Waals surface area contributed by atoms with Crippen LogP contribution in [0.2, 0.25) is 0 Å². The number of amides is 3. The van der Waals surface area contributed by atoms with E-state index >= 15 is 0 Å². The maximum absolute atomic E-state index is 12.2. The maximum Gasteiger partial charge on any atom is 0.320 e. The van der Waals surface area contributed by atoms with Gasteiger partial charge in [-0.25, -0.2) is 19.7 Å². The molecule has 168 valence electrons. The van der Waals surface area contributed by atoms with Crippen LogP contribution in [0, 0.1) is 5.92 Å². The third-order valence-electron chi connectivity index (χ3n) is 5.67. The third-order valence-corrected chi connectivity index (χ3v) is 5.67. The van der Waals surface area contributed by atoms with Gasteiger partial charge in [0, 0.05) is 24.4 Å². The van der Waals surface area contributed by atoms with Crippen molar-refractivity contribution in [3.63, 3.8) is 0 Å². The van der Waals surface area contributed by atoms with Gasteiger partial charge in [-0.15, -0.1) is 0 Å². The Morgan fingerprint density at radius 2 is 2.18 bits per heavy atom. The predicted octanol–water partition coefficient (Wildman–Crippen LogP) is 2.70. The summed E-state index contributed by atoms with van der Waals surface area (Å²) < 4.78 is 11.9. The number of carbonyl (C=O) groups excluding carboxylic acids is 2. The van der Waals surface area contributed by atoms with Crippen LogP contribution in [0.15, 0.2) is 66.7 Å². The molecule has 2 aromatic rings. The molecule has 1 saturated carbocycles. The number of pyridine rings is 1. The van der Waals surface area contributed by atoms with E-state index in [1.54, 1.807) is 24.5 Å². The summed E-state index contributed by atoms with van der Waals surface area (Å²) in [7, 11) is 0. The molecule has 1 aliphatic carbocycles. The smallest absolute Gasteiger partial charge is 0.320 e. The lowest BCUT2D eigenvalue weighted by atomic mass is 10.1. The molecular weight excluding hydrogens is 424 g/mol. The van der Waals surface area contributed by atoms with Crippen molar-refractivity contribution >= 4 is 23.6 Å². The minimum absolute atomic E-state index is 0.0397. The highest BCUT2D eigenvalue weighted by Gasteiger charge is 2.60. The molecule has 1 saturated heterocycles. The molecule has 3 N–H and O–H groups in total. The minimum atomic E-state index is -0.351. The number of hydrogen-bond donors (Lipinski definition) is 3. The van der Waals surface area contributed by atoms with Gasteiger partial charge in [0.05, 0.1) is 12.0 Å². The van der Waals surface area contributed by atoms with Crippen LogP contribution in [0.5, 0.6) is 5.75 Å². The Hall–Kier alpha value is -4.21. The van der Waals surface area contributed by atoms with Crippen molar-refractivity contribution in [1.82, 2.24) is 20.3 Å². The molecule has 0 radical (unpaired) electrons. The molecule has 0 aromatic carbocycles. The van der Waals surface area contributed by atoms with Gasteiger partial charge in [0.15, 0.2) is 0 Å². The number of allylic oxidation sites excluding steroid dienone is 4. The van der Waals surface area contributed by atoms with Crippen LogP contribution in [0.4, 0.5) is 16.4 Å². The molecule has 10 heteroatoms. The third kappa shape index (κ3) is 4.27. The molecule has 3 amide bonds. The summed E-state index contributed by atoms with van der Waals surface area (Å²) in [5.74, 6) is 2.96. The fourth-order valence-corrected chi connectivity index (χ4v) is 3.97. The number of carbonyl (C=O) groups is 2. The Labute approximate surface area is 189 Å². The summed E-state index contributed by atoms with van der Waals surface area (Å²) >= 11 is 0. The van der Waals surface area contributed by atoms with Gasteiger partial charge in [0.1, 0.15) is 41.3 Å². The number of ether oxygens (including phenoxy) is 2. The predicted molar refractivity (Wildman–Crippen MR) is 119 cm³/mol. The number of nitrogens with one attached hydrogen (secondary N) is 3. The zero-order chi connectivity index (χ0) is 22.9. The van der Waals surface area contributed by atoms with Crippen molar-refractivity contribution in [3.05, 3.63) is 72.2 Å². The van der Waals surface area contributed by atoms with Gasteiger partial charge in [-0.1, -0.05) is 6.58 Å². The van der Waals surface area contributed by atoms with E-state index in [1.165, 1.54) is 6.33 Å². The molecule has 3 aliphatic rings. The average molecular weight is 446 g/mol. The van der Waals surface area contributed by atoms with E-state index < -0.39 is 0 Å². The van der Waals surface area contributed by atoms with E-state index in [4.69, 9.17) is 9.47 Å². The monoisotopic (exact) mass is 446 g/mol. The molecule has 3 unspecified atom stereocenters. The number of nitrogens with zero attached hydrogens (tertiary/aromatic N) is 3. The largest absolute Gasteiger partial charge is 0.487 e. The first-order chi connectivity index (χ1) is 16.0.